The first kappa shape index (κ1) is 20.5. The fourth-order valence-electron chi connectivity index (χ4n) is 2.45. The van der Waals surface area contributed by atoms with Crippen molar-refractivity contribution in [2.45, 2.75) is 16.2 Å². The molecule has 0 radical (unpaired) electrons. The average Bonchev–Trinajstić information content (AvgIpc) is 2.75. The first-order chi connectivity index (χ1) is 14.2. The molecule has 0 saturated heterocycles. The maximum atomic E-state index is 12.2. The summed E-state index contributed by atoms with van der Waals surface area (Å²) in [6.45, 7) is -0.143. The van der Waals surface area contributed by atoms with Crippen molar-refractivity contribution < 1.29 is 19.1 Å². The summed E-state index contributed by atoms with van der Waals surface area (Å²) in [7, 11) is 0. The summed E-state index contributed by atoms with van der Waals surface area (Å²) in [6.07, 6.45) is 0.0720. The van der Waals surface area contributed by atoms with Crippen molar-refractivity contribution in [2.24, 2.45) is 0 Å². The van der Waals surface area contributed by atoms with E-state index in [1.165, 1.54) is 0 Å². The zero-order chi connectivity index (χ0) is 20.3. The molecule has 0 saturated carbocycles. The minimum Gasteiger partial charge on any atom is -0.493 e. The lowest BCUT2D eigenvalue weighted by Crippen LogP contribution is -2.22. The molecule has 0 heterocycles. The molecule has 3 aromatic carbocycles. The van der Waals surface area contributed by atoms with Crippen molar-refractivity contribution in [3.8, 4) is 5.75 Å². The fraction of sp³-hybridized carbons (Fsp3) is 0.130. The van der Waals surface area contributed by atoms with Gasteiger partial charge in [-0.2, -0.15) is 0 Å². The highest BCUT2D eigenvalue weighted by molar-refractivity contribution is 7.99. The lowest BCUT2D eigenvalue weighted by molar-refractivity contribution is -0.147. The van der Waals surface area contributed by atoms with Crippen molar-refractivity contribution in [3.05, 3.63) is 84.9 Å². The molecule has 0 unspecified atom stereocenters. The molecular weight excluding hydrogens is 386 g/mol. The second-order valence-corrected chi connectivity index (χ2v) is 7.15. The predicted molar refractivity (Wildman–Crippen MR) is 113 cm³/mol. The summed E-state index contributed by atoms with van der Waals surface area (Å²) >= 11 is 1.55. The third-order valence-electron chi connectivity index (χ3n) is 3.81. The molecule has 0 aromatic heterocycles. The number of nitrogens with one attached hydrogen (secondary N) is 1. The number of para-hydroxylation sites is 2. The van der Waals surface area contributed by atoms with Crippen LogP contribution in [0.25, 0.3) is 0 Å². The van der Waals surface area contributed by atoms with Crippen LogP contribution in [0, 0.1) is 0 Å². The molecule has 0 aliphatic heterocycles. The van der Waals surface area contributed by atoms with Gasteiger partial charge in [-0.1, -0.05) is 60.3 Å². The molecule has 3 rings (SSSR count). The van der Waals surface area contributed by atoms with E-state index in [2.05, 4.69) is 5.32 Å². The summed E-state index contributed by atoms with van der Waals surface area (Å²) in [4.78, 5) is 26.0. The number of carbonyl (C=O) groups excluding carboxylic acids is 2. The number of hydrogen-bond acceptors (Lipinski definition) is 5. The molecule has 6 heteroatoms. The molecule has 29 heavy (non-hydrogen) atoms. The SMILES string of the molecule is O=C(COC(=O)CCOc1ccccc1)Nc1ccccc1Sc1ccccc1. The van der Waals surface area contributed by atoms with E-state index in [-0.39, 0.29) is 25.5 Å². The standard InChI is InChI=1S/C23H21NO4S/c25-22(17-28-23(26)15-16-27-18-9-3-1-4-10-18)24-20-13-7-8-14-21(20)29-19-11-5-2-6-12-19/h1-14H,15-17H2,(H,24,25). The van der Waals surface area contributed by atoms with Gasteiger partial charge < -0.3 is 14.8 Å². The molecule has 0 bridgehead atoms. The molecule has 3 aromatic rings. The Morgan fingerprint density at radius 2 is 1.48 bits per heavy atom. The molecule has 0 aliphatic rings. The van der Waals surface area contributed by atoms with Crippen molar-refractivity contribution in [2.75, 3.05) is 18.5 Å². The van der Waals surface area contributed by atoms with E-state index in [1.807, 2.05) is 84.9 Å². The third-order valence-corrected chi connectivity index (χ3v) is 4.90. The van der Waals surface area contributed by atoms with E-state index in [0.717, 1.165) is 9.79 Å². The van der Waals surface area contributed by atoms with Gasteiger partial charge in [0.25, 0.3) is 5.91 Å². The summed E-state index contributed by atoms with van der Waals surface area (Å²) < 4.78 is 10.5. The van der Waals surface area contributed by atoms with Gasteiger partial charge in [0, 0.05) is 9.79 Å². The number of rotatable bonds is 9. The topological polar surface area (TPSA) is 64.6 Å². The minimum atomic E-state index is -0.483. The van der Waals surface area contributed by atoms with Crippen LogP contribution in [0.15, 0.2) is 94.7 Å². The van der Waals surface area contributed by atoms with Gasteiger partial charge in [0.05, 0.1) is 18.7 Å². The van der Waals surface area contributed by atoms with Crippen LogP contribution in [-0.2, 0) is 14.3 Å². The smallest absolute Gasteiger partial charge is 0.309 e. The van der Waals surface area contributed by atoms with Crippen LogP contribution in [0.1, 0.15) is 6.42 Å². The molecule has 1 N–H and O–H groups in total. The number of ether oxygens (including phenoxy) is 2. The number of benzene rings is 3. The molecule has 0 fully saturated rings. The van der Waals surface area contributed by atoms with Crippen molar-refractivity contribution in [3.63, 3.8) is 0 Å². The number of hydrogen-bond donors (Lipinski definition) is 1. The Morgan fingerprint density at radius 3 is 2.24 bits per heavy atom. The summed E-state index contributed by atoms with van der Waals surface area (Å²) in [5, 5.41) is 2.80. The van der Waals surface area contributed by atoms with Gasteiger partial charge in [-0.3, -0.25) is 9.59 Å². The number of amides is 1. The Morgan fingerprint density at radius 1 is 0.828 bits per heavy atom. The Bertz CT molecular complexity index is 932. The van der Waals surface area contributed by atoms with E-state index in [1.54, 1.807) is 11.8 Å². The second-order valence-electron chi connectivity index (χ2n) is 6.03. The van der Waals surface area contributed by atoms with Gasteiger partial charge in [0.2, 0.25) is 0 Å². The highest BCUT2D eigenvalue weighted by Crippen LogP contribution is 2.33. The van der Waals surface area contributed by atoms with Crippen LogP contribution in [0.3, 0.4) is 0 Å². The van der Waals surface area contributed by atoms with E-state index in [4.69, 9.17) is 9.47 Å². The maximum Gasteiger partial charge on any atom is 0.309 e. The summed E-state index contributed by atoms with van der Waals surface area (Å²) in [5.41, 5.74) is 0.676. The van der Waals surface area contributed by atoms with Crippen LogP contribution < -0.4 is 10.1 Å². The molecule has 148 valence electrons. The zero-order valence-corrected chi connectivity index (χ0v) is 16.6. The monoisotopic (exact) mass is 407 g/mol. The highest BCUT2D eigenvalue weighted by Gasteiger charge is 2.11. The van der Waals surface area contributed by atoms with Gasteiger partial charge >= 0.3 is 5.97 Å². The second kappa shape index (κ2) is 10.9. The molecule has 5 nitrogen and oxygen atoms in total. The van der Waals surface area contributed by atoms with Gasteiger partial charge in [-0.15, -0.1) is 0 Å². The zero-order valence-electron chi connectivity index (χ0n) is 15.7. The number of esters is 1. The molecule has 0 atom stereocenters. The largest absolute Gasteiger partial charge is 0.493 e. The van der Waals surface area contributed by atoms with Crippen LogP contribution in [0.2, 0.25) is 0 Å². The highest BCUT2D eigenvalue weighted by atomic mass is 32.2. The Hall–Kier alpha value is -3.25. The predicted octanol–water partition coefficient (Wildman–Crippen LogP) is 4.79. The lowest BCUT2D eigenvalue weighted by atomic mass is 10.3. The Labute approximate surface area is 174 Å². The Balaban J connectivity index is 1.44. The van der Waals surface area contributed by atoms with E-state index >= 15 is 0 Å². The van der Waals surface area contributed by atoms with Gasteiger partial charge in [-0.25, -0.2) is 0 Å². The molecule has 0 spiro atoms. The fourth-order valence-corrected chi connectivity index (χ4v) is 3.37. The molecule has 0 aliphatic carbocycles. The number of anilines is 1. The van der Waals surface area contributed by atoms with E-state index < -0.39 is 5.97 Å². The summed E-state index contributed by atoms with van der Waals surface area (Å²) in [6, 6.07) is 26.6. The van der Waals surface area contributed by atoms with Gasteiger partial charge in [0.1, 0.15) is 5.75 Å². The third kappa shape index (κ3) is 7.01. The van der Waals surface area contributed by atoms with E-state index in [9.17, 15) is 9.59 Å². The molecular formula is C23H21NO4S. The minimum absolute atomic E-state index is 0.0720. The Kier molecular flexibility index (Phi) is 7.72. The first-order valence-electron chi connectivity index (χ1n) is 9.16. The lowest BCUT2D eigenvalue weighted by Gasteiger charge is -2.11. The van der Waals surface area contributed by atoms with E-state index in [0.29, 0.717) is 11.4 Å². The van der Waals surface area contributed by atoms with Crippen LogP contribution >= 0.6 is 11.8 Å². The maximum absolute atomic E-state index is 12.2. The van der Waals surface area contributed by atoms with Crippen molar-refractivity contribution >= 4 is 29.3 Å². The summed E-state index contributed by atoms with van der Waals surface area (Å²) in [5.74, 6) is -0.183. The first-order valence-corrected chi connectivity index (χ1v) is 9.97. The van der Waals surface area contributed by atoms with Gasteiger partial charge in [-0.05, 0) is 36.4 Å². The van der Waals surface area contributed by atoms with Crippen LogP contribution in [0.5, 0.6) is 5.75 Å². The van der Waals surface area contributed by atoms with Crippen molar-refractivity contribution in [1.82, 2.24) is 0 Å². The van der Waals surface area contributed by atoms with Crippen LogP contribution in [0.4, 0.5) is 5.69 Å². The van der Waals surface area contributed by atoms with Gasteiger partial charge in [0.15, 0.2) is 6.61 Å². The quantitative estimate of drug-likeness (QED) is 0.517. The normalized spacial score (nSPS) is 10.2. The van der Waals surface area contributed by atoms with Crippen molar-refractivity contribution in [1.29, 1.82) is 0 Å². The average molecular weight is 407 g/mol. The number of carbonyl (C=O) groups is 2. The molecule has 1 amide bonds. The van der Waals surface area contributed by atoms with Crippen LogP contribution in [-0.4, -0.2) is 25.1 Å².